The summed E-state index contributed by atoms with van der Waals surface area (Å²) in [6, 6.07) is 6.49. The van der Waals surface area contributed by atoms with Gasteiger partial charge in [-0.1, -0.05) is 6.07 Å². The number of methoxy groups -OCH3 is 1. The molecule has 1 aliphatic rings. The van der Waals surface area contributed by atoms with E-state index < -0.39 is 0 Å². The SMILES string of the molecule is COCCNCc1ccc(N2CCC(CO)C2)c(Br)c1. The molecule has 1 aromatic carbocycles. The van der Waals surface area contributed by atoms with E-state index in [0.29, 0.717) is 5.92 Å². The molecule has 1 fully saturated rings. The van der Waals surface area contributed by atoms with Crippen LogP contribution in [0.2, 0.25) is 0 Å². The number of aliphatic hydroxyl groups excluding tert-OH is 1. The first-order valence-electron chi connectivity index (χ1n) is 7.08. The van der Waals surface area contributed by atoms with E-state index in [2.05, 4.69) is 44.3 Å². The Balaban J connectivity index is 1.92. The average molecular weight is 343 g/mol. The van der Waals surface area contributed by atoms with Crippen molar-refractivity contribution in [1.82, 2.24) is 5.32 Å². The van der Waals surface area contributed by atoms with Crippen LogP contribution in [0.1, 0.15) is 12.0 Å². The highest BCUT2D eigenvalue weighted by molar-refractivity contribution is 9.10. The minimum atomic E-state index is 0.287. The number of halogens is 1. The summed E-state index contributed by atoms with van der Waals surface area (Å²) >= 11 is 3.67. The molecule has 0 radical (unpaired) electrons. The Morgan fingerprint density at radius 1 is 1.50 bits per heavy atom. The summed E-state index contributed by atoms with van der Waals surface area (Å²) < 4.78 is 6.14. The molecule has 5 heteroatoms. The van der Waals surface area contributed by atoms with Crippen molar-refractivity contribution in [3.8, 4) is 0 Å². The fourth-order valence-corrected chi connectivity index (χ4v) is 3.20. The molecule has 0 aromatic heterocycles. The zero-order valence-corrected chi connectivity index (χ0v) is 13.5. The normalized spacial score (nSPS) is 18.8. The van der Waals surface area contributed by atoms with Gasteiger partial charge in [-0.25, -0.2) is 0 Å². The maximum absolute atomic E-state index is 9.23. The van der Waals surface area contributed by atoms with Gasteiger partial charge in [-0.05, 0) is 40.0 Å². The molecule has 1 heterocycles. The summed E-state index contributed by atoms with van der Waals surface area (Å²) in [6.45, 7) is 4.70. The summed E-state index contributed by atoms with van der Waals surface area (Å²) in [5.41, 5.74) is 2.48. The smallest absolute Gasteiger partial charge is 0.0587 e. The predicted molar refractivity (Wildman–Crippen MR) is 85.1 cm³/mol. The molecule has 0 spiro atoms. The van der Waals surface area contributed by atoms with Crippen molar-refractivity contribution < 1.29 is 9.84 Å². The second-order valence-corrected chi connectivity index (χ2v) is 6.09. The molecule has 2 N–H and O–H groups in total. The number of anilines is 1. The Hall–Kier alpha value is -0.620. The Morgan fingerprint density at radius 2 is 2.35 bits per heavy atom. The second-order valence-electron chi connectivity index (χ2n) is 5.24. The summed E-state index contributed by atoms with van der Waals surface area (Å²) in [7, 11) is 1.71. The predicted octanol–water partition coefficient (Wildman–Crippen LogP) is 2.00. The molecule has 4 nitrogen and oxygen atoms in total. The van der Waals surface area contributed by atoms with Gasteiger partial charge >= 0.3 is 0 Å². The van der Waals surface area contributed by atoms with Crippen LogP contribution < -0.4 is 10.2 Å². The van der Waals surface area contributed by atoms with Gasteiger partial charge in [0.25, 0.3) is 0 Å². The van der Waals surface area contributed by atoms with Crippen LogP contribution in [0.15, 0.2) is 22.7 Å². The summed E-state index contributed by atoms with van der Waals surface area (Å²) in [5.74, 6) is 0.414. The maximum Gasteiger partial charge on any atom is 0.0587 e. The highest BCUT2D eigenvalue weighted by atomic mass is 79.9. The maximum atomic E-state index is 9.23. The molecule has 2 rings (SSSR count). The summed E-state index contributed by atoms with van der Waals surface area (Å²) in [4.78, 5) is 2.34. The van der Waals surface area contributed by atoms with Gasteiger partial charge in [0.1, 0.15) is 0 Å². The van der Waals surface area contributed by atoms with E-state index in [1.54, 1.807) is 7.11 Å². The van der Waals surface area contributed by atoms with Crippen LogP contribution in [0, 0.1) is 5.92 Å². The van der Waals surface area contributed by atoms with Crippen molar-refractivity contribution in [2.75, 3.05) is 44.9 Å². The van der Waals surface area contributed by atoms with E-state index in [0.717, 1.165) is 43.7 Å². The van der Waals surface area contributed by atoms with E-state index in [1.165, 1.54) is 11.3 Å². The van der Waals surface area contributed by atoms with Crippen LogP contribution in [0.4, 0.5) is 5.69 Å². The zero-order chi connectivity index (χ0) is 14.4. The number of hydrogen-bond acceptors (Lipinski definition) is 4. The van der Waals surface area contributed by atoms with E-state index in [1.807, 2.05) is 0 Å². The van der Waals surface area contributed by atoms with Crippen molar-refractivity contribution in [1.29, 1.82) is 0 Å². The lowest BCUT2D eigenvalue weighted by molar-refractivity contribution is 0.199. The van der Waals surface area contributed by atoms with E-state index in [-0.39, 0.29) is 6.61 Å². The molecule has 0 amide bonds. The molecule has 20 heavy (non-hydrogen) atoms. The lowest BCUT2D eigenvalue weighted by Crippen LogP contribution is -2.21. The van der Waals surface area contributed by atoms with Crippen molar-refractivity contribution in [3.05, 3.63) is 28.2 Å². The molecular formula is C15H23BrN2O2. The molecule has 1 unspecified atom stereocenters. The Bertz CT molecular complexity index is 428. The minimum absolute atomic E-state index is 0.287. The van der Waals surface area contributed by atoms with Gasteiger partial charge in [-0.3, -0.25) is 0 Å². The molecule has 0 saturated carbocycles. The van der Waals surface area contributed by atoms with Crippen LogP contribution in [0.3, 0.4) is 0 Å². The lowest BCUT2D eigenvalue weighted by Gasteiger charge is -2.20. The minimum Gasteiger partial charge on any atom is -0.396 e. The molecule has 0 bridgehead atoms. The molecule has 1 atom stereocenters. The van der Waals surface area contributed by atoms with E-state index >= 15 is 0 Å². The van der Waals surface area contributed by atoms with Gasteiger partial charge in [-0.2, -0.15) is 0 Å². The lowest BCUT2D eigenvalue weighted by atomic mass is 10.1. The molecule has 1 aliphatic heterocycles. The number of nitrogens with one attached hydrogen (secondary N) is 1. The highest BCUT2D eigenvalue weighted by Crippen LogP contribution is 2.31. The van der Waals surface area contributed by atoms with Gasteiger partial charge in [0.15, 0.2) is 0 Å². The van der Waals surface area contributed by atoms with E-state index in [4.69, 9.17) is 4.74 Å². The van der Waals surface area contributed by atoms with Crippen LogP contribution in [-0.4, -0.2) is 45.1 Å². The van der Waals surface area contributed by atoms with Crippen molar-refractivity contribution in [2.45, 2.75) is 13.0 Å². The van der Waals surface area contributed by atoms with Crippen LogP contribution >= 0.6 is 15.9 Å². The third-order valence-electron chi connectivity index (χ3n) is 3.71. The van der Waals surface area contributed by atoms with Gasteiger partial charge < -0.3 is 20.1 Å². The molecule has 1 aromatic rings. The first-order chi connectivity index (χ1) is 9.74. The van der Waals surface area contributed by atoms with Crippen LogP contribution in [-0.2, 0) is 11.3 Å². The van der Waals surface area contributed by atoms with Gasteiger partial charge in [0, 0.05) is 50.3 Å². The van der Waals surface area contributed by atoms with Crippen LogP contribution in [0.25, 0.3) is 0 Å². The monoisotopic (exact) mass is 342 g/mol. The van der Waals surface area contributed by atoms with Crippen molar-refractivity contribution in [2.24, 2.45) is 5.92 Å². The van der Waals surface area contributed by atoms with Gasteiger partial charge in [0.05, 0.1) is 12.3 Å². The van der Waals surface area contributed by atoms with Crippen LogP contribution in [0.5, 0.6) is 0 Å². The molecule has 1 saturated heterocycles. The van der Waals surface area contributed by atoms with Crippen molar-refractivity contribution >= 4 is 21.6 Å². The number of rotatable bonds is 7. The molecule has 112 valence electrons. The highest BCUT2D eigenvalue weighted by Gasteiger charge is 2.23. The Kier molecular flexibility index (Phi) is 6.29. The molecule has 0 aliphatic carbocycles. The fraction of sp³-hybridized carbons (Fsp3) is 0.600. The first-order valence-corrected chi connectivity index (χ1v) is 7.87. The topological polar surface area (TPSA) is 44.7 Å². The average Bonchev–Trinajstić information content (AvgIpc) is 2.92. The number of nitrogens with zero attached hydrogens (tertiary/aromatic N) is 1. The van der Waals surface area contributed by atoms with Crippen molar-refractivity contribution in [3.63, 3.8) is 0 Å². The van der Waals surface area contributed by atoms with Gasteiger partial charge in [0.2, 0.25) is 0 Å². The number of hydrogen-bond donors (Lipinski definition) is 2. The second kappa shape index (κ2) is 7.98. The fourth-order valence-electron chi connectivity index (χ4n) is 2.52. The third kappa shape index (κ3) is 4.19. The Labute approximate surface area is 129 Å². The van der Waals surface area contributed by atoms with Gasteiger partial charge in [-0.15, -0.1) is 0 Å². The first kappa shape index (κ1) is 15.8. The number of benzene rings is 1. The quantitative estimate of drug-likeness (QED) is 0.744. The number of aliphatic hydroxyl groups is 1. The standard InChI is InChI=1S/C15H23BrN2O2/c1-20-7-5-17-9-12-2-3-15(14(16)8-12)18-6-4-13(10-18)11-19/h2-3,8,13,17,19H,4-7,9-11H2,1H3. The molecular weight excluding hydrogens is 320 g/mol. The zero-order valence-electron chi connectivity index (χ0n) is 11.9. The largest absolute Gasteiger partial charge is 0.396 e. The third-order valence-corrected chi connectivity index (χ3v) is 4.34. The van der Waals surface area contributed by atoms with E-state index in [9.17, 15) is 5.11 Å². The number of ether oxygens (including phenoxy) is 1. The Morgan fingerprint density at radius 3 is 3.00 bits per heavy atom. The summed E-state index contributed by atoms with van der Waals surface area (Å²) in [5, 5.41) is 12.6. The summed E-state index contributed by atoms with van der Waals surface area (Å²) in [6.07, 6.45) is 1.07.